The first-order valence-electron chi connectivity index (χ1n) is 4.08. The number of fused-ring (bicyclic) bond motifs is 1. The van der Waals surface area contributed by atoms with Gasteiger partial charge in [0.1, 0.15) is 0 Å². The zero-order chi connectivity index (χ0) is 11.2. The van der Waals surface area contributed by atoms with Crippen molar-refractivity contribution in [3.05, 3.63) is 23.7 Å². The number of rotatable bonds is 0. The van der Waals surface area contributed by atoms with Crippen molar-refractivity contribution < 1.29 is 13.2 Å². The lowest BCUT2D eigenvalue weighted by atomic mass is 10.2. The van der Waals surface area contributed by atoms with Crippen molar-refractivity contribution in [3.8, 4) is 0 Å². The van der Waals surface area contributed by atoms with E-state index in [1.54, 1.807) is 6.92 Å². The molecular weight excluding hydrogens is 209 g/mol. The Morgan fingerprint density at radius 3 is 2.60 bits per heavy atom. The molecule has 7 heteroatoms. The van der Waals surface area contributed by atoms with Crippen LogP contribution in [0.4, 0.5) is 18.9 Å². The minimum atomic E-state index is -4.53. The number of alkyl halides is 3. The summed E-state index contributed by atoms with van der Waals surface area (Å²) in [5.41, 5.74) is 6.49. The molecule has 0 aliphatic rings. The number of nitrogens with zero attached hydrogens (tertiary/aromatic N) is 3. The summed E-state index contributed by atoms with van der Waals surface area (Å²) in [5, 5.41) is 6.49. The Morgan fingerprint density at radius 2 is 2.00 bits per heavy atom. The average molecular weight is 216 g/mol. The Hall–Kier alpha value is -1.79. The lowest BCUT2D eigenvalue weighted by molar-refractivity contribution is -0.145. The number of hydrogen-bond donors (Lipinski definition) is 1. The Morgan fingerprint density at radius 1 is 1.33 bits per heavy atom. The molecule has 2 rings (SSSR count). The van der Waals surface area contributed by atoms with Gasteiger partial charge >= 0.3 is 6.18 Å². The van der Waals surface area contributed by atoms with E-state index in [4.69, 9.17) is 5.73 Å². The highest BCUT2D eigenvalue weighted by Gasteiger charge is 2.37. The monoisotopic (exact) mass is 216 g/mol. The average Bonchev–Trinajstić information content (AvgIpc) is 2.54. The quantitative estimate of drug-likeness (QED) is 0.728. The minimum absolute atomic E-state index is 0.0299. The Kier molecular flexibility index (Phi) is 1.85. The number of aromatic nitrogens is 3. The molecule has 0 spiro atoms. The van der Waals surface area contributed by atoms with Crippen LogP contribution in [0.1, 0.15) is 11.4 Å². The summed E-state index contributed by atoms with van der Waals surface area (Å²) in [6.07, 6.45) is -3.27. The SMILES string of the molecule is Cc1ccn2c(C(F)(F)F)nnc2c1N. The van der Waals surface area contributed by atoms with Gasteiger partial charge in [-0.25, -0.2) is 0 Å². The van der Waals surface area contributed by atoms with Gasteiger partial charge < -0.3 is 5.73 Å². The summed E-state index contributed by atoms with van der Waals surface area (Å²) in [6, 6.07) is 1.49. The van der Waals surface area contributed by atoms with E-state index in [1.165, 1.54) is 12.3 Å². The van der Waals surface area contributed by atoms with Crippen LogP contribution in [0.25, 0.3) is 5.65 Å². The molecule has 0 radical (unpaired) electrons. The van der Waals surface area contributed by atoms with Crippen LogP contribution in [0.2, 0.25) is 0 Å². The van der Waals surface area contributed by atoms with E-state index in [1.807, 2.05) is 0 Å². The zero-order valence-electron chi connectivity index (χ0n) is 7.71. The fraction of sp³-hybridized carbons (Fsp3) is 0.250. The van der Waals surface area contributed by atoms with Gasteiger partial charge in [0.05, 0.1) is 5.69 Å². The van der Waals surface area contributed by atoms with Crippen LogP contribution in [0.5, 0.6) is 0 Å². The van der Waals surface area contributed by atoms with Crippen molar-refractivity contribution >= 4 is 11.3 Å². The lowest BCUT2D eigenvalue weighted by Crippen LogP contribution is -2.11. The smallest absolute Gasteiger partial charge is 0.395 e. The molecule has 80 valence electrons. The standard InChI is InChI=1S/C8H7F3N4/c1-4-2-3-15-6(5(4)12)13-14-7(15)8(9,10)11/h2-3H,12H2,1H3. The van der Waals surface area contributed by atoms with E-state index >= 15 is 0 Å². The first-order chi connectivity index (χ1) is 6.91. The van der Waals surface area contributed by atoms with Crippen LogP contribution >= 0.6 is 0 Å². The number of aryl methyl sites for hydroxylation is 1. The maximum absolute atomic E-state index is 12.4. The summed E-state index contributed by atoms with van der Waals surface area (Å²) in [4.78, 5) is 0. The molecule has 0 aromatic carbocycles. The third-order valence-corrected chi connectivity index (χ3v) is 2.09. The van der Waals surface area contributed by atoms with Gasteiger partial charge in [0.15, 0.2) is 5.65 Å². The van der Waals surface area contributed by atoms with Crippen LogP contribution in [0.15, 0.2) is 12.3 Å². The van der Waals surface area contributed by atoms with Crippen LogP contribution in [0.3, 0.4) is 0 Å². The van der Waals surface area contributed by atoms with Crippen molar-refractivity contribution in [1.29, 1.82) is 0 Å². The summed E-state index contributed by atoms with van der Waals surface area (Å²) in [7, 11) is 0. The largest absolute Gasteiger partial charge is 0.452 e. The van der Waals surface area contributed by atoms with E-state index in [0.29, 0.717) is 5.56 Å². The zero-order valence-corrected chi connectivity index (χ0v) is 7.71. The fourth-order valence-electron chi connectivity index (χ4n) is 1.26. The van der Waals surface area contributed by atoms with Crippen molar-refractivity contribution in [1.82, 2.24) is 14.6 Å². The van der Waals surface area contributed by atoms with Crippen molar-refractivity contribution in [2.24, 2.45) is 0 Å². The molecule has 0 atom stereocenters. The van der Waals surface area contributed by atoms with Crippen LogP contribution in [0, 0.1) is 6.92 Å². The van der Waals surface area contributed by atoms with Gasteiger partial charge in [-0.3, -0.25) is 4.40 Å². The van der Waals surface area contributed by atoms with Crippen molar-refractivity contribution in [3.63, 3.8) is 0 Å². The maximum Gasteiger partial charge on any atom is 0.452 e. The van der Waals surface area contributed by atoms with Gasteiger partial charge in [0.25, 0.3) is 0 Å². The Labute approximate surface area is 82.5 Å². The number of anilines is 1. The first-order valence-corrected chi connectivity index (χ1v) is 4.08. The summed E-state index contributed by atoms with van der Waals surface area (Å²) in [6.45, 7) is 1.69. The second kappa shape index (κ2) is 2.85. The highest BCUT2D eigenvalue weighted by atomic mass is 19.4. The molecule has 0 amide bonds. The topological polar surface area (TPSA) is 56.2 Å². The predicted octanol–water partition coefficient (Wildman–Crippen LogP) is 1.64. The van der Waals surface area contributed by atoms with Crippen LogP contribution in [-0.4, -0.2) is 14.6 Å². The molecule has 0 saturated heterocycles. The van der Waals surface area contributed by atoms with Gasteiger partial charge in [0.2, 0.25) is 5.82 Å². The molecular formula is C8H7F3N4. The molecule has 0 bridgehead atoms. The summed E-state index contributed by atoms with van der Waals surface area (Å²) in [5.74, 6) is -1.07. The van der Waals surface area contributed by atoms with Gasteiger partial charge in [0, 0.05) is 6.20 Å². The molecule has 0 fully saturated rings. The Balaban J connectivity index is 2.78. The molecule has 0 unspecified atom stereocenters. The molecule has 4 nitrogen and oxygen atoms in total. The van der Waals surface area contributed by atoms with Crippen molar-refractivity contribution in [2.75, 3.05) is 5.73 Å². The van der Waals surface area contributed by atoms with Gasteiger partial charge in [-0.2, -0.15) is 13.2 Å². The maximum atomic E-state index is 12.4. The highest BCUT2D eigenvalue weighted by molar-refractivity contribution is 5.68. The van der Waals surface area contributed by atoms with Crippen LogP contribution < -0.4 is 5.73 Å². The van der Waals surface area contributed by atoms with Gasteiger partial charge in [-0.1, -0.05) is 0 Å². The molecule has 2 aromatic heterocycles. The normalized spacial score (nSPS) is 12.3. The minimum Gasteiger partial charge on any atom is -0.395 e. The van der Waals surface area contributed by atoms with E-state index in [9.17, 15) is 13.2 Å². The van der Waals surface area contributed by atoms with E-state index in [2.05, 4.69) is 10.2 Å². The predicted molar refractivity (Wildman–Crippen MR) is 47.1 cm³/mol. The van der Waals surface area contributed by atoms with Gasteiger partial charge in [-0.15, -0.1) is 10.2 Å². The molecule has 0 aliphatic heterocycles. The summed E-state index contributed by atoms with van der Waals surface area (Å²) >= 11 is 0. The molecule has 15 heavy (non-hydrogen) atoms. The number of halogens is 3. The third-order valence-electron chi connectivity index (χ3n) is 2.09. The number of nitrogens with two attached hydrogens (primary N) is 1. The lowest BCUT2D eigenvalue weighted by Gasteiger charge is -2.05. The fourth-order valence-corrected chi connectivity index (χ4v) is 1.26. The molecule has 0 saturated carbocycles. The number of pyridine rings is 1. The van der Waals surface area contributed by atoms with E-state index in [-0.39, 0.29) is 11.3 Å². The second-order valence-electron chi connectivity index (χ2n) is 3.13. The third kappa shape index (κ3) is 1.39. The Bertz CT molecular complexity index is 514. The van der Waals surface area contributed by atoms with Gasteiger partial charge in [-0.05, 0) is 18.6 Å². The molecule has 2 aromatic rings. The van der Waals surface area contributed by atoms with Crippen molar-refractivity contribution in [2.45, 2.75) is 13.1 Å². The molecule has 0 aliphatic carbocycles. The van der Waals surface area contributed by atoms with E-state index in [0.717, 1.165) is 4.40 Å². The molecule has 2 heterocycles. The number of nitrogen functional groups attached to an aromatic ring is 1. The number of hydrogen-bond acceptors (Lipinski definition) is 3. The second-order valence-corrected chi connectivity index (χ2v) is 3.13. The first kappa shape index (κ1) is 9.75. The molecule has 2 N–H and O–H groups in total. The summed E-state index contributed by atoms with van der Waals surface area (Å²) < 4.78 is 38.1. The highest BCUT2D eigenvalue weighted by Crippen LogP contribution is 2.29. The van der Waals surface area contributed by atoms with Crippen LogP contribution in [-0.2, 0) is 6.18 Å². The van der Waals surface area contributed by atoms with E-state index < -0.39 is 12.0 Å².